The monoisotopic (exact) mass is 478 g/mol. The molecule has 1 aliphatic heterocycles. The molecule has 0 atom stereocenters. The van der Waals surface area contributed by atoms with Crippen molar-refractivity contribution in [3.05, 3.63) is 34.2 Å². The molecule has 0 bridgehead atoms. The first kappa shape index (κ1) is 18.4. The Morgan fingerprint density at radius 2 is 1.67 bits per heavy atom. The molecule has 2 aromatic heterocycles. The van der Waals surface area contributed by atoms with Crippen LogP contribution in [0.15, 0.2) is 30.6 Å². The van der Waals surface area contributed by atoms with E-state index in [-0.39, 0.29) is 0 Å². The summed E-state index contributed by atoms with van der Waals surface area (Å²) in [5.74, 6) is 1.66. The van der Waals surface area contributed by atoms with Crippen molar-refractivity contribution < 1.29 is 9.47 Å². The molecule has 0 spiro atoms. The number of methoxy groups -OCH3 is 2. The Balaban J connectivity index is 1.79. The minimum absolute atomic E-state index is 0.831. The molecule has 1 aliphatic rings. The third kappa shape index (κ3) is 3.45. The zero-order valence-corrected chi connectivity index (χ0v) is 17.9. The number of ether oxygens (including phenoxy) is 2. The number of nitrogens with zero attached hydrogens (tertiary/aromatic N) is 3. The van der Waals surface area contributed by atoms with Crippen LogP contribution < -0.4 is 14.4 Å². The van der Waals surface area contributed by atoms with E-state index in [4.69, 9.17) is 9.47 Å². The van der Waals surface area contributed by atoms with E-state index in [2.05, 4.69) is 67.6 Å². The average molecular weight is 478 g/mol. The molecule has 1 N–H and O–H groups in total. The van der Waals surface area contributed by atoms with E-state index >= 15 is 0 Å². The number of rotatable bonds is 4. The summed E-state index contributed by atoms with van der Waals surface area (Å²) < 4.78 is 12.7. The SMILES string of the molecule is COc1cc(-c2cnc3[nH]cc(I)c3c2)cc(OC)c1N1CCN(C)CC1. The lowest BCUT2D eigenvalue weighted by molar-refractivity contribution is 0.308. The van der Waals surface area contributed by atoms with Crippen molar-refractivity contribution in [2.45, 2.75) is 0 Å². The summed E-state index contributed by atoms with van der Waals surface area (Å²) in [7, 11) is 5.59. The van der Waals surface area contributed by atoms with Crippen molar-refractivity contribution in [2.75, 3.05) is 52.3 Å². The quantitative estimate of drug-likeness (QED) is 0.581. The van der Waals surface area contributed by atoms with Crippen LogP contribution in [0.5, 0.6) is 11.5 Å². The number of hydrogen-bond donors (Lipinski definition) is 1. The third-order valence-corrected chi connectivity index (χ3v) is 6.01. The molecule has 4 rings (SSSR count). The van der Waals surface area contributed by atoms with E-state index in [0.29, 0.717) is 0 Å². The van der Waals surface area contributed by atoms with Crippen LogP contribution >= 0.6 is 22.6 Å². The highest BCUT2D eigenvalue weighted by atomic mass is 127. The average Bonchev–Trinajstić information content (AvgIpc) is 3.08. The maximum Gasteiger partial charge on any atom is 0.146 e. The van der Waals surface area contributed by atoms with Crippen LogP contribution in [-0.4, -0.2) is 62.3 Å². The predicted octanol–water partition coefficient (Wildman–Crippen LogP) is 3.60. The van der Waals surface area contributed by atoms with Crippen LogP contribution in [0.3, 0.4) is 0 Å². The first-order valence-electron chi connectivity index (χ1n) is 8.93. The molecule has 142 valence electrons. The predicted molar refractivity (Wildman–Crippen MR) is 117 cm³/mol. The van der Waals surface area contributed by atoms with Gasteiger partial charge in [0.15, 0.2) is 0 Å². The van der Waals surface area contributed by atoms with Crippen molar-refractivity contribution in [3.63, 3.8) is 0 Å². The van der Waals surface area contributed by atoms with Gasteiger partial charge in [0, 0.05) is 53.1 Å². The van der Waals surface area contributed by atoms with Crippen molar-refractivity contribution >= 4 is 39.3 Å². The van der Waals surface area contributed by atoms with Gasteiger partial charge in [-0.1, -0.05) is 0 Å². The van der Waals surface area contributed by atoms with Gasteiger partial charge in [0.2, 0.25) is 0 Å². The van der Waals surface area contributed by atoms with Crippen molar-refractivity contribution in [3.8, 4) is 22.6 Å². The molecule has 7 heteroatoms. The Hall–Kier alpha value is -2.00. The summed E-state index contributed by atoms with van der Waals surface area (Å²) in [5, 5.41) is 1.12. The van der Waals surface area contributed by atoms with E-state index in [9.17, 15) is 0 Å². The fraction of sp³-hybridized carbons (Fsp3) is 0.350. The Labute approximate surface area is 172 Å². The Kier molecular flexibility index (Phi) is 5.14. The van der Waals surface area contributed by atoms with Gasteiger partial charge in [-0.15, -0.1) is 0 Å². The van der Waals surface area contributed by atoms with Gasteiger partial charge in [-0.2, -0.15) is 0 Å². The first-order chi connectivity index (χ1) is 13.1. The molecular formula is C20H23IN4O2. The minimum Gasteiger partial charge on any atom is -0.494 e. The second kappa shape index (κ2) is 7.55. The number of nitrogens with one attached hydrogen (secondary N) is 1. The number of fused-ring (bicyclic) bond motifs is 1. The molecule has 3 heterocycles. The number of H-pyrrole nitrogens is 1. The number of piperazine rings is 1. The number of likely N-dealkylation sites (N-methyl/N-ethyl adjacent to an activating group) is 1. The summed E-state index contributed by atoms with van der Waals surface area (Å²) in [4.78, 5) is 12.4. The molecule has 1 saturated heterocycles. The number of anilines is 1. The number of pyridine rings is 1. The van der Waals surface area contributed by atoms with E-state index < -0.39 is 0 Å². The number of halogens is 1. The molecule has 1 fully saturated rings. The number of aromatic amines is 1. The van der Waals surface area contributed by atoms with Crippen molar-refractivity contribution in [1.82, 2.24) is 14.9 Å². The second-order valence-corrected chi connectivity index (χ2v) is 7.94. The second-order valence-electron chi connectivity index (χ2n) is 6.78. The summed E-state index contributed by atoms with van der Waals surface area (Å²) >= 11 is 2.32. The summed E-state index contributed by atoms with van der Waals surface area (Å²) in [6, 6.07) is 6.32. The van der Waals surface area contributed by atoms with Crippen LogP contribution in [0, 0.1) is 3.57 Å². The molecule has 3 aromatic rings. The van der Waals surface area contributed by atoms with Gasteiger partial charge in [0.05, 0.1) is 14.2 Å². The van der Waals surface area contributed by atoms with Gasteiger partial charge in [0.1, 0.15) is 22.8 Å². The van der Waals surface area contributed by atoms with Crippen LogP contribution in [0.1, 0.15) is 0 Å². The lowest BCUT2D eigenvalue weighted by Gasteiger charge is -2.35. The number of benzene rings is 1. The summed E-state index contributed by atoms with van der Waals surface area (Å²) in [6.45, 7) is 3.97. The van der Waals surface area contributed by atoms with Gasteiger partial charge in [-0.05, 0) is 53.4 Å². The lowest BCUT2D eigenvalue weighted by atomic mass is 10.0. The fourth-order valence-corrected chi connectivity index (χ4v) is 4.10. The standard InChI is InChI=1S/C20H23IN4O2/c1-24-4-6-25(7-5-24)19-17(26-2)9-13(10-18(19)27-3)14-8-15-16(21)12-23-20(15)22-11-14/h8-12H,4-7H2,1-3H3,(H,22,23). The molecular weight excluding hydrogens is 455 g/mol. The molecule has 6 nitrogen and oxygen atoms in total. The number of aromatic nitrogens is 2. The Bertz CT molecular complexity index is 939. The molecule has 0 unspecified atom stereocenters. The third-order valence-electron chi connectivity index (χ3n) is 5.11. The maximum absolute atomic E-state index is 5.76. The lowest BCUT2D eigenvalue weighted by Crippen LogP contribution is -2.44. The first-order valence-corrected chi connectivity index (χ1v) is 10.0. The van der Waals surface area contributed by atoms with Crippen LogP contribution in [0.25, 0.3) is 22.2 Å². The number of hydrogen-bond acceptors (Lipinski definition) is 5. The van der Waals surface area contributed by atoms with E-state index in [1.165, 1.54) is 0 Å². The van der Waals surface area contributed by atoms with Gasteiger partial charge < -0.3 is 24.3 Å². The van der Waals surface area contributed by atoms with E-state index in [1.807, 2.05) is 12.4 Å². The van der Waals surface area contributed by atoms with E-state index in [0.717, 1.165) is 69.1 Å². The summed E-state index contributed by atoms with van der Waals surface area (Å²) in [5.41, 5.74) is 4.01. The molecule has 0 saturated carbocycles. The van der Waals surface area contributed by atoms with Crippen molar-refractivity contribution in [2.24, 2.45) is 0 Å². The molecule has 0 aliphatic carbocycles. The maximum atomic E-state index is 5.76. The molecule has 27 heavy (non-hydrogen) atoms. The minimum atomic E-state index is 0.831. The topological polar surface area (TPSA) is 53.6 Å². The van der Waals surface area contributed by atoms with Gasteiger partial charge in [-0.3, -0.25) is 0 Å². The molecule has 0 radical (unpaired) electrons. The highest BCUT2D eigenvalue weighted by Crippen LogP contribution is 2.42. The van der Waals surface area contributed by atoms with Gasteiger partial charge >= 0.3 is 0 Å². The smallest absolute Gasteiger partial charge is 0.146 e. The van der Waals surface area contributed by atoms with Crippen LogP contribution in [-0.2, 0) is 0 Å². The van der Waals surface area contributed by atoms with Crippen molar-refractivity contribution in [1.29, 1.82) is 0 Å². The summed E-state index contributed by atoms with van der Waals surface area (Å²) in [6.07, 6.45) is 3.86. The van der Waals surface area contributed by atoms with Crippen LogP contribution in [0.4, 0.5) is 5.69 Å². The zero-order valence-electron chi connectivity index (χ0n) is 15.8. The highest BCUT2D eigenvalue weighted by Gasteiger charge is 2.23. The van der Waals surface area contributed by atoms with E-state index in [1.54, 1.807) is 14.2 Å². The zero-order chi connectivity index (χ0) is 19.0. The fourth-order valence-electron chi connectivity index (χ4n) is 3.53. The molecule has 0 amide bonds. The van der Waals surface area contributed by atoms with Gasteiger partial charge in [0.25, 0.3) is 0 Å². The Morgan fingerprint density at radius 3 is 2.30 bits per heavy atom. The van der Waals surface area contributed by atoms with Gasteiger partial charge in [-0.25, -0.2) is 4.98 Å². The Morgan fingerprint density at radius 1 is 1.00 bits per heavy atom. The largest absolute Gasteiger partial charge is 0.494 e. The normalized spacial score (nSPS) is 15.3. The van der Waals surface area contributed by atoms with Crippen LogP contribution in [0.2, 0.25) is 0 Å². The molecule has 1 aromatic carbocycles. The highest BCUT2D eigenvalue weighted by molar-refractivity contribution is 14.1.